The lowest BCUT2D eigenvalue weighted by Crippen LogP contribution is -2.28. The molecule has 5 heteroatoms. The average Bonchev–Trinajstić information content (AvgIpc) is 2.72. The molecule has 1 saturated heterocycles. The number of amides is 1. The van der Waals surface area contributed by atoms with E-state index in [0.29, 0.717) is 11.6 Å². The third-order valence-electron chi connectivity index (χ3n) is 3.02. The Morgan fingerprint density at radius 2 is 2.11 bits per heavy atom. The van der Waals surface area contributed by atoms with E-state index in [1.54, 1.807) is 19.1 Å². The Labute approximate surface area is 110 Å². The van der Waals surface area contributed by atoms with E-state index in [9.17, 15) is 9.59 Å². The van der Waals surface area contributed by atoms with E-state index in [-0.39, 0.29) is 18.4 Å². The van der Waals surface area contributed by atoms with Crippen LogP contribution in [0.3, 0.4) is 0 Å². The van der Waals surface area contributed by atoms with Crippen LogP contribution in [0.2, 0.25) is 5.02 Å². The molecule has 1 heterocycles. The molecule has 1 aliphatic rings. The number of benzene rings is 1. The second kappa shape index (κ2) is 5.40. The number of hydrogen-bond acceptors (Lipinski definition) is 3. The average molecular weight is 268 g/mol. The van der Waals surface area contributed by atoms with E-state index in [1.165, 1.54) is 0 Å². The Balaban J connectivity index is 2.23. The fourth-order valence-electron chi connectivity index (χ4n) is 2.14. The highest BCUT2D eigenvalue weighted by Gasteiger charge is 2.41. The molecule has 0 bridgehead atoms. The van der Waals surface area contributed by atoms with E-state index in [0.717, 1.165) is 5.56 Å². The number of rotatable bonds is 3. The van der Waals surface area contributed by atoms with Crippen molar-refractivity contribution in [2.75, 3.05) is 13.2 Å². The summed E-state index contributed by atoms with van der Waals surface area (Å²) in [7, 11) is 0. The SMILES string of the molecule is CCOC(=O)[C@H]1C(=O)NC[C@@H]1c1ccc(Cl)cc1. The lowest BCUT2D eigenvalue weighted by atomic mass is 9.88. The maximum absolute atomic E-state index is 11.8. The summed E-state index contributed by atoms with van der Waals surface area (Å²) in [6.07, 6.45) is 0. The summed E-state index contributed by atoms with van der Waals surface area (Å²) >= 11 is 5.82. The number of hydrogen-bond donors (Lipinski definition) is 1. The summed E-state index contributed by atoms with van der Waals surface area (Å²) in [5.41, 5.74) is 0.913. The van der Waals surface area contributed by atoms with Gasteiger partial charge < -0.3 is 10.1 Å². The van der Waals surface area contributed by atoms with Crippen molar-refractivity contribution in [1.82, 2.24) is 5.32 Å². The minimum absolute atomic E-state index is 0.186. The first-order valence-electron chi connectivity index (χ1n) is 5.83. The fourth-order valence-corrected chi connectivity index (χ4v) is 2.27. The molecule has 4 nitrogen and oxygen atoms in total. The van der Waals surface area contributed by atoms with Gasteiger partial charge >= 0.3 is 5.97 Å². The van der Waals surface area contributed by atoms with Crippen LogP contribution >= 0.6 is 11.6 Å². The molecule has 0 aliphatic carbocycles. The largest absolute Gasteiger partial charge is 0.465 e. The molecule has 0 spiro atoms. The van der Waals surface area contributed by atoms with Crippen molar-refractivity contribution in [3.63, 3.8) is 0 Å². The molecule has 1 aromatic rings. The third kappa shape index (κ3) is 2.48. The second-order valence-corrected chi connectivity index (χ2v) is 4.57. The van der Waals surface area contributed by atoms with Gasteiger partial charge in [0.25, 0.3) is 0 Å². The molecule has 0 radical (unpaired) electrons. The molecule has 1 aromatic carbocycles. The van der Waals surface area contributed by atoms with Gasteiger partial charge in [-0.2, -0.15) is 0 Å². The molecule has 0 saturated carbocycles. The van der Waals surface area contributed by atoms with Gasteiger partial charge in [0.2, 0.25) is 5.91 Å². The summed E-state index contributed by atoms with van der Waals surface area (Å²) < 4.78 is 4.95. The maximum atomic E-state index is 11.8. The van der Waals surface area contributed by atoms with E-state index < -0.39 is 11.9 Å². The predicted octanol–water partition coefficient (Wildman–Crippen LogP) is 1.73. The van der Waals surface area contributed by atoms with Gasteiger partial charge in [0.15, 0.2) is 0 Å². The van der Waals surface area contributed by atoms with Gasteiger partial charge in [-0.15, -0.1) is 0 Å². The van der Waals surface area contributed by atoms with Gasteiger partial charge in [-0.1, -0.05) is 23.7 Å². The molecule has 1 N–H and O–H groups in total. The first-order valence-corrected chi connectivity index (χ1v) is 6.21. The third-order valence-corrected chi connectivity index (χ3v) is 3.27. The van der Waals surface area contributed by atoms with Crippen molar-refractivity contribution in [1.29, 1.82) is 0 Å². The first kappa shape index (κ1) is 12.9. The molecule has 0 aromatic heterocycles. The standard InChI is InChI=1S/C13H14ClNO3/c1-2-18-13(17)11-10(7-15-12(11)16)8-3-5-9(14)6-4-8/h3-6,10-11H,2,7H2,1H3,(H,15,16)/t10-,11-/m1/s1. The van der Waals surface area contributed by atoms with Crippen LogP contribution in [-0.4, -0.2) is 25.0 Å². The van der Waals surface area contributed by atoms with Crippen molar-refractivity contribution >= 4 is 23.5 Å². The molecule has 18 heavy (non-hydrogen) atoms. The normalized spacial score (nSPS) is 22.7. The molecule has 1 aliphatic heterocycles. The van der Waals surface area contributed by atoms with E-state index >= 15 is 0 Å². The molecule has 2 atom stereocenters. The summed E-state index contributed by atoms with van der Waals surface area (Å²) in [5.74, 6) is -1.68. The monoisotopic (exact) mass is 267 g/mol. The van der Waals surface area contributed by atoms with Crippen molar-refractivity contribution in [3.05, 3.63) is 34.9 Å². The zero-order valence-electron chi connectivity index (χ0n) is 9.98. The quantitative estimate of drug-likeness (QED) is 0.670. The van der Waals surface area contributed by atoms with Gasteiger partial charge in [0, 0.05) is 17.5 Å². The van der Waals surface area contributed by atoms with Gasteiger partial charge in [0.05, 0.1) is 6.61 Å². The van der Waals surface area contributed by atoms with Gasteiger partial charge in [0.1, 0.15) is 5.92 Å². The van der Waals surface area contributed by atoms with Crippen molar-refractivity contribution in [2.24, 2.45) is 5.92 Å². The van der Waals surface area contributed by atoms with Crippen LogP contribution in [0.25, 0.3) is 0 Å². The lowest BCUT2D eigenvalue weighted by molar-refractivity contribution is -0.151. The molecule has 1 amide bonds. The summed E-state index contributed by atoms with van der Waals surface area (Å²) in [6.45, 7) is 2.45. The Morgan fingerprint density at radius 3 is 2.72 bits per heavy atom. The lowest BCUT2D eigenvalue weighted by Gasteiger charge is -2.15. The van der Waals surface area contributed by atoms with E-state index in [1.807, 2.05) is 12.1 Å². The molecular formula is C13H14ClNO3. The zero-order chi connectivity index (χ0) is 13.1. The van der Waals surface area contributed by atoms with Crippen LogP contribution in [0.15, 0.2) is 24.3 Å². The topological polar surface area (TPSA) is 55.4 Å². The van der Waals surface area contributed by atoms with Gasteiger partial charge in [-0.05, 0) is 24.6 Å². The van der Waals surface area contributed by atoms with Crippen LogP contribution in [0.1, 0.15) is 18.4 Å². The molecule has 0 unspecified atom stereocenters. The molecule has 96 valence electrons. The number of carbonyl (C=O) groups excluding carboxylic acids is 2. The molecular weight excluding hydrogens is 254 g/mol. The highest BCUT2D eigenvalue weighted by Crippen LogP contribution is 2.30. The van der Waals surface area contributed by atoms with Crippen LogP contribution in [0, 0.1) is 5.92 Å². The van der Waals surface area contributed by atoms with E-state index in [4.69, 9.17) is 16.3 Å². The number of carbonyl (C=O) groups is 2. The smallest absolute Gasteiger partial charge is 0.319 e. The second-order valence-electron chi connectivity index (χ2n) is 4.13. The highest BCUT2D eigenvalue weighted by molar-refractivity contribution is 6.30. The van der Waals surface area contributed by atoms with Gasteiger partial charge in [-0.3, -0.25) is 9.59 Å². The van der Waals surface area contributed by atoms with Crippen molar-refractivity contribution in [2.45, 2.75) is 12.8 Å². The number of ether oxygens (including phenoxy) is 1. The Hall–Kier alpha value is -1.55. The molecule has 1 fully saturated rings. The molecule has 2 rings (SSSR count). The van der Waals surface area contributed by atoms with Crippen LogP contribution in [0.5, 0.6) is 0 Å². The minimum atomic E-state index is -0.758. The summed E-state index contributed by atoms with van der Waals surface area (Å²) in [4.78, 5) is 23.5. The van der Waals surface area contributed by atoms with Crippen molar-refractivity contribution < 1.29 is 14.3 Å². The predicted molar refractivity (Wildman–Crippen MR) is 67.3 cm³/mol. The van der Waals surface area contributed by atoms with Gasteiger partial charge in [-0.25, -0.2) is 0 Å². The summed E-state index contributed by atoms with van der Waals surface area (Å²) in [6, 6.07) is 7.17. The highest BCUT2D eigenvalue weighted by atomic mass is 35.5. The Bertz CT molecular complexity index is 458. The number of esters is 1. The zero-order valence-corrected chi connectivity index (χ0v) is 10.7. The van der Waals surface area contributed by atoms with Crippen LogP contribution in [-0.2, 0) is 14.3 Å². The number of halogens is 1. The minimum Gasteiger partial charge on any atom is -0.465 e. The Morgan fingerprint density at radius 1 is 1.44 bits per heavy atom. The van der Waals surface area contributed by atoms with Crippen LogP contribution < -0.4 is 5.32 Å². The fraction of sp³-hybridized carbons (Fsp3) is 0.385. The van der Waals surface area contributed by atoms with Crippen molar-refractivity contribution in [3.8, 4) is 0 Å². The number of nitrogens with one attached hydrogen (secondary N) is 1. The summed E-state index contributed by atoms with van der Waals surface area (Å²) in [5, 5.41) is 3.33. The van der Waals surface area contributed by atoms with Crippen LogP contribution in [0.4, 0.5) is 0 Å². The Kier molecular flexibility index (Phi) is 3.87. The first-order chi connectivity index (χ1) is 8.63. The maximum Gasteiger partial charge on any atom is 0.319 e. The van der Waals surface area contributed by atoms with E-state index in [2.05, 4.69) is 5.32 Å².